The van der Waals surface area contributed by atoms with E-state index in [1.165, 1.54) is 154 Å². The summed E-state index contributed by atoms with van der Waals surface area (Å²) in [6, 6.07) is 0. The van der Waals surface area contributed by atoms with Gasteiger partial charge in [0.15, 0.2) is 0 Å². The number of hydrogen-bond acceptors (Lipinski definition) is 6. The van der Waals surface area contributed by atoms with Crippen LogP contribution in [0.5, 0.6) is 0 Å². The molecule has 0 aliphatic heterocycles. The third-order valence-electron chi connectivity index (χ3n) is 10.8. The minimum Gasteiger partial charge on any atom is -0.460 e. The summed E-state index contributed by atoms with van der Waals surface area (Å²) in [6.45, 7) is 7.79. The molecule has 0 bridgehead atoms. The van der Waals surface area contributed by atoms with Gasteiger partial charge in [-0.25, -0.2) is 0 Å². The molecule has 0 amide bonds. The van der Waals surface area contributed by atoms with Crippen LogP contribution in [0, 0.1) is 0 Å². The maximum absolute atomic E-state index is 12.6. The quantitative estimate of drug-likeness (QED) is 0.0494. The number of rotatable bonds is 38. The molecule has 2 N–H and O–H groups in total. The SMILES string of the molecule is CCCCCCCCCCCCCCCCCC(=O)OC(C)C(CO)(NC)C(C)OC(=O)CCCCCCCCCCCCCCCCC. The second kappa shape index (κ2) is 35.3. The summed E-state index contributed by atoms with van der Waals surface area (Å²) in [5, 5.41) is 13.4. The largest absolute Gasteiger partial charge is 0.460 e. The molecule has 0 saturated heterocycles. The minimum atomic E-state index is -1.05. The average Bonchev–Trinajstić information content (AvgIpc) is 3.09. The number of esters is 2. The fraction of sp³-hybridized carbons (Fsp3) is 0.953. The Hall–Kier alpha value is -1.14. The number of carbonyl (C=O) groups is 2. The summed E-state index contributed by atoms with van der Waals surface area (Å²) in [5.74, 6) is -0.516. The Morgan fingerprint density at radius 1 is 0.469 bits per heavy atom. The summed E-state index contributed by atoms with van der Waals surface area (Å²) in [7, 11) is 1.72. The molecule has 0 spiro atoms. The molecular weight excluding hydrogens is 610 g/mol. The number of hydrogen-bond donors (Lipinski definition) is 2. The van der Waals surface area contributed by atoms with Crippen molar-refractivity contribution in [2.45, 2.75) is 251 Å². The zero-order chi connectivity index (χ0) is 36.3. The van der Waals surface area contributed by atoms with Crippen molar-refractivity contribution in [3.63, 3.8) is 0 Å². The predicted molar refractivity (Wildman–Crippen MR) is 209 cm³/mol. The Morgan fingerprint density at radius 2 is 0.694 bits per heavy atom. The number of aliphatic hydroxyl groups is 1. The van der Waals surface area contributed by atoms with Crippen LogP contribution in [0.2, 0.25) is 0 Å². The van der Waals surface area contributed by atoms with Crippen LogP contribution < -0.4 is 5.32 Å². The molecule has 0 aromatic heterocycles. The lowest BCUT2D eigenvalue weighted by molar-refractivity contribution is -0.167. The third kappa shape index (κ3) is 27.2. The molecule has 0 aliphatic rings. The first-order valence-electron chi connectivity index (χ1n) is 21.6. The molecular formula is C43H85NO5. The maximum atomic E-state index is 12.6. The van der Waals surface area contributed by atoms with Crippen LogP contribution in [0.3, 0.4) is 0 Å². The van der Waals surface area contributed by atoms with Gasteiger partial charge < -0.3 is 19.9 Å². The monoisotopic (exact) mass is 696 g/mol. The van der Waals surface area contributed by atoms with Gasteiger partial charge in [0.05, 0.1) is 6.61 Å². The lowest BCUT2D eigenvalue weighted by atomic mass is 9.88. The van der Waals surface area contributed by atoms with E-state index in [1.807, 2.05) is 0 Å². The molecule has 0 heterocycles. The van der Waals surface area contributed by atoms with Gasteiger partial charge in [0.1, 0.15) is 17.7 Å². The molecule has 0 saturated carbocycles. The molecule has 6 nitrogen and oxygen atoms in total. The number of likely N-dealkylation sites (N-methyl/N-ethyl adjacent to an activating group) is 1. The Kier molecular flexibility index (Phi) is 34.5. The highest BCUT2D eigenvalue weighted by Crippen LogP contribution is 2.23. The summed E-state index contributed by atoms with van der Waals surface area (Å²) in [5.41, 5.74) is -1.05. The van der Waals surface area contributed by atoms with Crippen molar-refractivity contribution >= 4 is 11.9 Å². The van der Waals surface area contributed by atoms with E-state index >= 15 is 0 Å². The van der Waals surface area contributed by atoms with Crippen molar-refractivity contribution in [3.8, 4) is 0 Å². The van der Waals surface area contributed by atoms with Crippen LogP contribution in [-0.2, 0) is 19.1 Å². The van der Waals surface area contributed by atoms with Gasteiger partial charge in [-0.1, -0.05) is 194 Å². The zero-order valence-corrected chi connectivity index (χ0v) is 33.6. The molecule has 2 unspecified atom stereocenters. The molecule has 49 heavy (non-hydrogen) atoms. The first-order valence-corrected chi connectivity index (χ1v) is 21.6. The normalized spacial score (nSPS) is 14.0. The second-order valence-corrected chi connectivity index (χ2v) is 15.1. The highest BCUT2D eigenvalue weighted by atomic mass is 16.6. The fourth-order valence-electron chi connectivity index (χ4n) is 7.08. The van der Waals surface area contributed by atoms with E-state index in [9.17, 15) is 14.7 Å². The van der Waals surface area contributed by atoms with Crippen LogP contribution in [0.1, 0.15) is 233 Å². The molecule has 0 aliphatic carbocycles. The minimum absolute atomic E-state index is 0.258. The van der Waals surface area contributed by atoms with Crippen LogP contribution >= 0.6 is 0 Å². The van der Waals surface area contributed by atoms with E-state index in [-0.39, 0.29) is 18.5 Å². The van der Waals surface area contributed by atoms with E-state index in [0.29, 0.717) is 12.8 Å². The zero-order valence-electron chi connectivity index (χ0n) is 33.6. The Morgan fingerprint density at radius 3 is 0.898 bits per heavy atom. The van der Waals surface area contributed by atoms with Crippen LogP contribution in [-0.4, -0.2) is 48.4 Å². The molecule has 2 atom stereocenters. The van der Waals surface area contributed by atoms with Gasteiger partial charge in [-0.2, -0.15) is 0 Å². The lowest BCUT2D eigenvalue weighted by Crippen LogP contribution is -2.64. The van der Waals surface area contributed by atoms with E-state index in [4.69, 9.17) is 9.47 Å². The van der Waals surface area contributed by atoms with Gasteiger partial charge in [0.25, 0.3) is 0 Å². The molecule has 0 rings (SSSR count). The van der Waals surface area contributed by atoms with Crippen LogP contribution in [0.25, 0.3) is 0 Å². The molecule has 0 aromatic rings. The number of carbonyl (C=O) groups excluding carboxylic acids is 2. The molecule has 6 heteroatoms. The Labute approximate surface area is 305 Å². The number of aliphatic hydroxyl groups excluding tert-OH is 1. The molecule has 0 fully saturated rings. The third-order valence-corrected chi connectivity index (χ3v) is 10.8. The van der Waals surface area contributed by atoms with Crippen molar-refractivity contribution in [2.75, 3.05) is 13.7 Å². The van der Waals surface area contributed by atoms with E-state index < -0.39 is 17.7 Å². The van der Waals surface area contributed by atoms with E-state index in [1.54, 1.807) is 20.9 Å². The Balaban J connectivity index is 3.99. The van der Waals surface area contributed by atoms with E-state index in [2.05, 4.69) is 19.2 Å². The summed E-state index contributed by atoms with van der Waals surface area (Å²) in [4.78, 5) is 25.3. The summed E-state index contributed by atoms with van der Waals surface area (Å²) >= 11 is 0. The van der Waals surface area contributed by atoms with Gasteiger partial charge in [-0.3, -0.25) is 9.59 Å². The van der Waals surface area contributed by atoms with Crippen molar-refractivity contribution in [2.24, 2.45) is 0 Å². The number of ether oxygens (including phenoxy) is 2. The first-order chi connectivity index (χ1) is 23.9. The standard InChI is InChI=1S/C43H85NO5/c1-6-8-10-12-14-16-18-20-22-24-26-28-30-32-34-36-41(46)48-39(3)43(38-45,44-5)40(4)49-42(47)37-35-33-31-29-27-25-23-21-19-17-15-13-11-9-7-2/h39-40,44-45H,6-38H2,1-5H3. The van der Waals surface area contributed by atoms with Gasteiger partial charge >= 0.3 is 11.9 Å². The smallest absolute Gasteiger partial charge is 0.306 e. The maximum Gasteiger partial charge on any atom is 0.306 e. The number of unbranched alkanes of at least 4 members (excludes halogenated alkanes) is 28. The lowest BCUT2D eigenvalue weighted by Gasteiger charge is -2.40. The van der Waals surface area contributed by atoms with Gasteiger partial charge in [-0.15, -0.1) is 0 Å². The first kappa shape index (κ1) is 47.9. The fourth-order valence-corrected chi connectivity index (χ4v) is 7.08. The van der Waals surface area contributed by atoms with Crippen molar-refractivity contribution in [1.29, 1.82) is 0 Å². The molecule has 0 aromatic carbocycles. The van der Waals surface area contributed by atoms with Crippen LogP contribution in [0.4, 0.5) is 0 Å². The number of nitrogens with one attached hydrogen (secondary N) is 1. The van der Waals surface area contributed by atoms with Gasteiger partial charge in [-0.05, 0) is 33.7 Å². The summed E-state index contributed by atoms with van der Waals surface area (Å²) in [6.07, 6.45) is 38.1. The molecule has 292 valence electrons. The van der Waals surface area contributed by atoms with Crippen molar-refractivity contribution in [3.05, 3.63) is 0 Å². The second-order valence-electron chi connectivity index (χ2n) is 15.1. The van der Waals surface area contributed by atoms with Crippen molar-refractivity contribution in [1.82, 2.24) is 5.32 Å². The highest BCUT2D eigenvalue weighted by Gasteiger charge is 2.44. The average molecular weight is 696 g/mol. The van der Waals surface area contributed by atoms with Gasteiger partial charge in [0, 0.05) is 12.8 Å². The Bertz CT molecular complexity index is 669. The van der Waals surface area contributed by atoms with E-state index in [0.717, 1.165) is 38.5 Å². The van der Waals surface area contributed by atoms with Gasteiger partial charge in [0.2, 0.25) is 0 Å². The highest BCUT2D eigenvalue weighted by molar-refractivity contribution is 5.70. The summed E-state index contributed by atoms with van der Waals surface area (Å²) < 4.78 is 11.5. The predicted octanol–water partition coefficient (Wildman–Crippen LogP) is 12.3. The van der Waals surface area contributed by atoms with Crippen molar-refractivity contribution < 1.29 is 24.2 Å². The molecule has 0 radical (unpaired) electrons. The van der Waals surface area contributed by atoms with Crippen LogP contribution in [0.15, 0.2) is 0 Å². The topological polar surface area (TPSA) is 84.9 Å².